The van der Waals surface area contributed by atoms with Gasteiger partial charge in [-0.25, -0.2) is 0 Å². The molecule has 0 aromatic rings. The van der Waals surface area contributed by atoms with Crippen molar-refractivity contribution in [3.8, 4) is 0 Å². The number of hydrogen-bond acceptors (Lipinski definition) is 3. The maximum atomic E-state index is 5.96. The highest BCUT2D eigenvalue weighted by Gasteiger charge is 2.29. The Kier molecular flexibility index (Phi) is 4.60. The molecular weight excluding hydrogens is 210 g/mol. The summed E-state index contributed by atoms with van der Waals surface area (Å²) in [4.78, 5) is 5.21. The summed E-state index contributed by atoms with van der Waals surface area (Å²) in [5.74, 6) is 0. The molecule has 2 aliphatic heterocycles. The molecule has 3 nitrogen and oxygen atoms in total. The highest BCUT2D eigenvalue weighted by molar-refractivity contribution is 4.98. The highest BCUT2D eigenvalue weighted by atomic mass is 15.3. The third-order valence-electron chi connectivity index (χ3n) is 4.29. The minimum absolute atomic E-state index is 0.448. The molecule has 98 valence electrons. The first-order chi connectivity index (χ1) is 8.19. The van der Waals surface area contributed by atoms with Crippen LogP contribution >= 0.6 is 0 Å². The molecule has 0 aliphatic carbocycles. The maximum absolute atomic E-state index is 5.96. The van der Waals surface area contributed by atoms with Crippen molar-refractivity contribution in [1.82, 2.24) is 9.80 Å². The molecule has 0 radical (unpaired) electrons. The van der Waals surface area contributed by atoms with Crippen molar-refractivity contribution in [3.05, 3.63) is 12.2 Å². The van der Waals surface area contributed by atoms with Gasteiger partial charge in [0.2, 0.25) is 0 Å². The normalized spacial score (nSPS) is 28.7. The first kappa shape index (κ1) is 13.1. The summed E-state index contributed by atoms with van der Waals surface area (Å²) in [6.07, 6.45) is 4.79. The average Bonchev–Trinajstić information content (AvgIpc) is 2.78. The number of nitrogens with two attached hydrogens (primary N) is 1. The number of rotatable bonds is 4. The van der Waals surface area contributed by atoms with Crippen molar-refractivity contribution < 1.29 is 0 Å². The van der Waals surface area contributed by atoms with E-state index in [2.05, 4.69) is 23.3 Å². The molecule has 0 saturated carbocycles. The molecule has 0 aromatic carbocycles. The fraction of sp³-hybridized carbons (Fsp3) is 0.857. The van der Waals surface area contributed by atoms with Crippen LogP contribution in [-0.2, 0) is 0 Å². The van der Waals surface area contributed by atoms with Gasteiger partial charge in [-0.15, -0.1) is 0 Å². The lowest BCUT2D eigenvalue weighted by Gasteiger charge is -2.34. The quantitative estimate of drug-likeness (QED) is 0.751. The Labute approximate surface area is 106 Å². The lowest BCUT2D eigenvalue weighted by molar-refractivity contribution is 0.153. The molecule has 1 unspecified atom stereocenters. The molecule has 1 atom stereocenters. The largest absolute Gasteiger partial charge is 0.328 e. The second-order valence-corrected chi connectivity index (χ2v) is 5.65. The number of hydrogen-bond donors (Lipinski definition) is 1. The summed E-state index contributed by atoms with van der Waals surface area (Å²) in [7, 11) is 0. The van der Waals surface area contributed by atoms with Crippen LogP contribution in [0.2, 0.25) is 0 Å². The van der Waals surface area contributed by atoms with E-state index in [0.29, 0.717) is 6.04 Å². The summed E-state index contributed by atoms with van der Waals surface area (Å²) in [5.41, 5.74) is 7.33. The molecule has 0 spiro atoms. The molecule has 3 heteroatoms. The summed E-state index contributed by atoms with van der Waals surface area (Å²) >= 11 is 0. The van der Waals surface area contributed by atoms with E-state index in [-0.39, 0.29) is 0 Å². The fourth-order valence-electron chi connectivity index (χ4n) is 2.97. The van der Waals surface area contributed by atoms with E-state index in [1.807, 2.05) is 0 Å². The molecule has 2 heterocycles. The van der Waals surface area contributed by atoms with Gasteiger partial charge >= 0.3 is 0 Å². The molecule has 2 fully saturated rings. The fourth-order valence-corrected chi connectivity index (χ4v) is 2.97. The van der Waals surface area contributed by atoms with E-state index >= 15 is 0 Å². The Bertz CT molecular complexity index is 256. The van der Waals surface area contributed by atoms with Crippen molar-refractivity contribution >= 4 is 0 Å². The predicted molar refractivity (Wildman–Crippen MR) is 73.1 cm³/mol. The van der Waals surface area contributed by atoms with Gasteiger partial charge in [0.25, 0.3) is 0 Å². The number of nitrogens with zero attached hydrogens (tertiary/aromatic N) is 2. The Hall–Kier alpha value is -0.380. The SMILES string of the molecule is C=C(CC)CN1CCC(N2CCC(N)CC2)C1. The Morgan fingerprint density at radius 3 is 2.59 bits per heavy atom. The Morgan fingerprint density at radius 1 is 1.24 bits per heavy atom. The van der Waals surface area contributed by atoms with Crippen LogP contribution in [0, 0.1) is 0 Å². The summed E-state index contributed by atoms with van der Waals surface area (Å²) in [6.45, 7) is 12.3. The maximum Gasteiger partial charge on any atom is 0.0235 e. The molecular formula is C14H27N3. The van der Waals surface area contributed by atoms with E-state index < -0.39 is 0 Å². The van der Waals surface area contributed by atoms with Crippen LogP contribution in [0.3, 0.4) is 0 Å². The van der Waals surface area contributed by atoms with Gasteiger partial charge in [0.05, 0.1) is 0 Å². The molecule has 0 aromatic heterocycles. The molecule has 2 N–H and O–H groups in total. The lowest BCUT2D eigenvalue weighted by atomic mass is 10.0. The van der Waals surface area contributed by atoms with Crippen LogP contribution in [0.1, 0.15) is 32.6 Å². The zero-order chi connectivity index (χ0) is 12.3. The van der Waals surface area contributed by atoms with Crippen molar-refractivity contribution in [3.63, 3.8) is 0 Å². The van der Waals surface area contributed by atoms with Gasteiger partial charge in [-0.3, -0.25) is 9.80 Å². The van der Waals surface area contributed by atoms with E-state index in [1.165, 1.54) is 51.0 Å². The molecule has 2 aliphatic rings. The van der Waals surface area contributed by atoms with Gasteiger partial charge in [0.1, 0.15) is 0 Å². The van der Waals surface area contributed by atoms with E-state index in [0.717, 1.165) is 19.0 Å². The van der Waals surface area contributed by atoms with Crippen molar-refractivity contribution in [2.45, 2.75) is 44.7 Å². The monoisotopic (exact) mass is 237 g/mol. The van der Waals surface area contributed by atoms with Crippen LogP contribution in [-0.4, -0.2) is 54.6 Å². The van der Waals surface area contributed by atoms with Crippen molar-refractivity contribution in [2.24, 2.45) is 5.73 Å². The van der Waals surface area contributed by atoms with E-state index in [1.54, 1.807) is 0 Å². The number of likely N-dealkylation sites (tertiary alicyclic amines) is 2. The van der Waals surface area contributed by atoms with Gasteiger partial charge in [-0.05, 0) is 38.8 Å². The smallest absolute Gasteiger partial charge is 0.0235 e. The topological polar surface area (TPSA) is 32.5 Å². The molecule has 0 amide bonds. The third-order valence-corrected chi connectivity index (χ3v) is 4.29. The lowest BCUT2D eigenvalue weighted by Crippen LogP contribution is -2.46. The number of piperidine rings is 1. The van der Waals surface area contributed by atoms with Crippen LogP contribution in [0.4, 0.5) is 0 Å². The van der Waals surface area contributed by atoms with E-state index in [4.69, 9.17) is 5.73 Å². The van der Waals surface area contributed by atoms with Crippen LogP contribution in [0.5, 0.6) is 0 Å². The second kappa shape index (κ2) is 5.98. The van der Waals surface area contributed by atoms with Crippen LogP contribution in [0.15, 0.2) is 12.2 Å². The predicted octanol–water partition coefficient (Wildman–Crippen LogP) is 1.45. The zero-order valence-electron chi connectivity index (χ0n) is 11.2. The minimum Gasteiger partial charge on any atom is -0.328 e. The molecule has 0 bridgehead atoms. The zero-order valence-corrected chi connectivity index (χ0v) is 11.2. The van der Waals surface area contributed by atoms with Gasteiger partial charge < -0.3 is 5.73 Å². The average molecular weight is 237 g/mol. The van der Waals surface area contributed by atoms with Crippen molar-refractivity contribution in [1.29, 1.82) is 0 Å². The Balaban J connectivity index is 1.75. The molecule has 17 heavy (non-hydrogen) atoms. The molecule has 2 saturated heterocycles. The standard InChI is InChI=1S/C14H27N3/c1-3-12(2)10-16-7-6-14(11-16)17-8-4-13(15)5-9-17/h13-14H,2-11,15H2,1H3. The van der Waals surface area contributed by atoms with Crippen molar-refractivity contribution in [2.75, 3.05) is 32.7 Å². The van der Waals surface area contributed by atoms with Gasteiger partial charge in [-0.2, -0.15) is 0 Å². The van der Waals surface area contributed by atoms with Crippen LogP contribution in [0.25, 0.3) is 0 Å². The Morgan fingerprint density at radius 2 is 1.94 bits per heavy atom. The first-order valence-corrected chi connectivity index (χ1v) is 7.07. The van der Waals surface area contributed by atoms with Gasteiger partial charge in [-0.1, -0.05) is 19.1 Å². The summed E-state index contributed by atoms with van der Waals surface area (Å²) in [5, 5.41) is 0. The van der Waals surface area contributed by atoms with Gasteiger partial charge in [0.15, 0.2) is 0 Å². The van der Waals surface area contributed by atoms with Gasteiger partial charge in [0, 0.05) is 31.7 Å². The summed E-state index contributed by atoms with van der Waals surface area (Å²) in [6, 6.07) is 1.22. The van der Waals surface area contributed by atoms with Crippen LogP contribution < -0.4 is 5.73 Å². The summed E-state index contributed by atoms with van der Waals surface area (Å²) < 4.78 is 0. The second-order valence-electron chi connectivity index (χ2n) is 5.65. The van der Waals surface area contributed by atoms with E-state index in [9.17, 15) is 0 Å². The first-order valence-electron chi connectivity index (χ1n) is 7.07. The highest BCUT2D eigenvalue weighted by Crippen LogP contribution is 2.20. The third kappa shape index (κ3) is 3.54. The molecule has 2 rings (SSSR count). The minimum atomic E-state index is 0.448.